The first-order chi connectivity index (χ1) is 13.2. The molecule has 2 amide bonds. The summed E-state index contributed by atoms with van der Waals surface area (Å²) in [6.45, 7) is 10.6. The van der Waals surface area contributed by atoms with Gasteiger partial charge in [-0.05, 0) is 28.7 Å². The molecule has 2 aromatic rings. The highest BCUT2D eigenvalue weighted by Gasteiger charge is 2.22. The molecule has 2 aromatic carbocycles. The predicted molar refractivity (Wildman–Crippen MR) is 117 cm³/mol. The lowest BCUT2D eigenvalue weighted by Crippen LogP contribution is -2.49. The molecular formula is C22H27Cl2N3O. The van der Waals surface area contributed by atoms with Crippen molar-refractivity contribution in [1.29, 1.82) is 0 Å². The van der Waals surface area contributed by atoms with Crippen LogP contribution in [0.2, 0.25) is 10.0 Å². The van der Waals surface area contributed by atoms with Gasteiger partial charge >= 0.3 is 6.03 Å². The summed E-state index contributed by atoms with van der Waals surface area (Å²) in [6.07, 6.45) is 0. The van der Waals surface area contributed by atoms with Crippen molar-refractivity contribution in [1.82, 2.24) is 9.80 Å². The third kappa shape index (κ3) is 5.19. The number of halogens is 2. The largest absolute Gasteiger partial charge is 0.322 e. The minimum absolute atomic E-state index is 0.163. The lowest BCUT2D eigenvalue weighted by atomic mass is 9.87. The van der Waals surface area contributed by atoms with Gasteiger partial charge in [0.05, 0.1) is 15.7 Å². The molecule has 0 atom stereocenters. The molecule has 0 radical (unpaired) electrons. The van der Waals surface area contributed by atoms with Crippen LogP contribution in [0.3, 0.4) is 0 Å². The van der Waals surface area contributed by atoms with Crippen molar-refractivity contribution in [3.05, 3.63) is 63.6 Å². The van der Waals surface area contributed by atoms with Crippen molar-refractivity contribution in [2.45, 2.75) is 32.7 Å². The fourth-order valence-electron chi connectivity index (χ4n) is 3.28. The SMILES string of the molecule is CC(C)(C)c1ccc(CN2CCN(C(=O)Nc3c(Cl)cccc3Cl)CC2)cc1. The zero-order chi connectivity index (χ0) is 20.3. The Bertz CT molecular complexity index is 802. The van der Waals surface area contributed by atoms with Gasteiger partial charge in [0.25, 0.3) is 0 Å². The Labute approximate surface area is 177 Å². The number of urea groups is 1. The van der Waals surface area contributed by atoms with Crippen molar-refractivity contribution in [2.75, 3.05) is 31.5 Å². The summed E-state index contributed by atoms with van der Waals surface area (Å²) in [5.74, 6) is 0. The van der Waals surface area contributed by atoms with E-state index in [-0.39, 0.29) is 11.4 Å². The summed E-state index contributed by atoms with van der Waals surface area (Å²) in [4.78, 5) is 16.7. The second-order valence-electron chi connectivity index (χ2n) is 8.24. The maximum Gasteiger partial charge on any atom is 0.322 e. The first-order valence-electron chi connectivity index (χ1n) is 9.56. The zero-order valence-electron chi connectivity index (χ0n) is 16.6. The maximum atomic E-state index is 12.5. The molecule has 1 saturated heterocycles. The third-order valence-electron chi connectivity index (χ3n) is 5.08. The van der Waals surface area contributed by atoms with E-state index < -0.39 is 0 Å². The van der Waals surface area contributed by atoms with Crippen LogP contribution < -0.4 is 5.32 Å². The monoisotopic (exact) mass is 419 g/mol. The van der Waals surface area contributed by atoms with Gasteiger partial charge < -0.3 is 10.2 Å². The molecule has 1 N–H and O–H groups in total. The number of hydrogen-bond donors (Lipinski definition) is 1. The van der Waals surface area contributed by atoms with Crippen molar-refractivity contribution in [3.63, 3.8) is 0 Å². The highest BCUT2D eigenvalue weighted by atomic mass is 35.5. The van der Waals surface area contributed by atoms with Crippen LogP contribution in [0.15, 0.2) is 42.5 Å². The molecule has 0 saturated carbocycles. The number of para-hydroxylation sites is 1. The molecule has 150 valence electrons. The van der Waals surface area contributed by atoms with Gasteiger partial charge in [-0.2, -0.15) is 0 Å². The fourth-order valence-corrected chi connectivity index (χ4v) is 3.77. The summed E-state index contributed by atoms with van der Waals surface area (Å²) in [5.41, 5.74) is 3.28. The highest BCUT2D eigenvalue weighted by molar-refractivity contribution is 6.39. The number of nitrogens with one attached hydrogen (secondary N) is 1. The van der Waals surface area contributed by atoms with E-state index in [9.17, 15) is 4.79 Å². The van der Waals surface area contributed by atoms with E-state index in [2.05, 4.69) is 55.3 Å². The molecule has 1 aliphatic rings. The van der Waals surface area contributed by atoms with Gasteiger partial charge in [-0.15, -0.1) is 0 Å². The van der Waals surface area contributed by atoms with E-state index in [1.54, 1.807) is 23.1 Å². The number of carbonyl (C=O) groups is 1. The molecule has 4 nitrogen and oxygen atoms in total. The Morgan fingerprint density at radius 3 is 2.07 bits per heavy atom. The van der Waals surface area contributed by atoms with Crippen LogP contribution in [0.4, 0.5) is 10.5 Å². The smallest absolute Gasteiger partial charge is 0.322 e. The Morgan fingerprint density at radius 2 is 1.54 bits per heavy atom. The number of piperazine rings is 1. The number of rotatable bonds is 3. The van der Waals surface area contributed by atoms with Crippen molar-refractivity contribution >= 4 is 34.9 Å². The Balaban J connectivity index is 1.52. The Hall–Kier alpha value is -1.75. The first-order valence-corrected chi connectivity index (χ1v) is 10.3. The van der Waals surface area contributed by atoms with Gasteiger partial charge in [-0.25, -0.2) is 4.79 Å². The first kappa shape index (κ1) is 21.0. The molecule has 0 unspecified atom stereocenters. The second kappa shape index (κ2) is 8.73. The quantitative estimate of drug-likeness (QED) is 0.698. The molecule has 0 bridgehead atoms. The summed E-state index contributed by atoms with van der Waals surface area (Å²) < 4.78 is 0. The number of benzene rings is 2. The van der Waals surface area contributed by atoms with Crippen LogP contribution in [0, 0.1) is 0 Å². The van der Waals surface area contributed by atoms with E-state index >= 15 is 0 Å². The van der Waals surface area contributed by atoms with Crippen LogP contribution in [0.5, 0.6) is 0 Å². The molecule has 3 rings (SSSR count). The number of carbonyl (C=O) groups excluding carboxylic acids is 1. The average molecular weight is 420 g/mol. The Kier molecular flexibility index (Phi) is 6.54. The van der Waals surface area contributed by atoms with Crippen LogP contribution >= 0.6 is 23.2 Å². The van der Waals surface area contributed by atoms with Gasteiger partial charge in [0, 0.05) is 32.7 Å². The van der Waals surface area contributed by atoms with Gasteiger partial charge in [0.2, 0.25) is 0 Å². The van der Waals surface area contributed by atoms with Gasteiger partial charge in [0.1, 0.15) is 0 Å². The fraction of sp³-hybridized carbons (Fsp3) is 0.409. The van der Waals surface area contributed by atoms with Crippen molar-refractivity contribution in [3.8, 4) is 0 Å². The number of hydrogen-bond acceptors (Lipinski definition) is 2. The van der Waals surface area contributed by atoms with Crippen LogP contribution in [0.1, 0.15) is 31.9 Å². The van der Waals surface area contributed by atoms with Crippen LogP contribution in [0.25, 0.3) is 0 Å². The summed E-state index contributed by atoms with van der Waals surface area (Å²) in [6, 6.07) is 13.9. The average Bonchev–Trinajstić information content (AvgIpc) is 2.65. The maximum absolute atomic E-state index is 12.5. The van der Waals surface area contributed by atoms with Crippen molar-refractivity contribution in [2.24, 2.45) is 0 Å². The second-order valence-corrected chi connectivity index (χ2v) is 9.05. The van der Waals surface area contributed by atoms with E-state index in [4.69, 9.17) is 23.2 Å². The minimum Gasteiger partial charge on any atom is -0.322 e. The molecule has 6 heteroatoms. The highest BCUT2D eigenvalue weighted by Crippen LogP contribution is 2.30. The normalized spacial score (nSPS) is 15.5. The molecular weight excluding hydrogens is 393 g/mol. The number of anilines is 1. The standard InChI is InChI=1S/C22H27Cl2N3O/c1-22(2,3)17-9-7-16(8-10-17)15-26-11-13-27(14-12-26)21(28)25-20-18(23)5-4-6-19(20)24/h4-10H,11-15H2,1-3H3,(H,25,28). The van der Waals surface area contributed by atoms with Gasteiger partial charge in [-0.1, -0.05) is 74.3 Å². The lowest BCUT2D eigenvalue weighted by Gasteiger charge is -2.35. The van der Waals surface area contributed by atoms with Crippen LogP contribution in [-0.2, 0) is 12.0 Å². The molecule has 0 spiro atoms. The minimum atomic E-state index is -0.163. The topological polar surface area (TPSA) is 35.6 Å². The third-order valence-corrected chi connectivity index (χ3v) is 5.71. The summed E-state index contributed by atoms with van der Waals surface area (Å²) in [7, 11) is 0. The van der Waals surface area contributed by atoms with E-state index in [0.29, 0.717) is 28.8 Å². The number of nitrogens with zero attached hydrogens (tertiary/aromatic N) is 2. The lowest BCUT2D eigenvalue weighted by molar-refractivity contribution is 0.143. The summed E-state index contributed by atoms with van der Waals surface area (Å²) >= 11 is 12.3. The summed E-state index contributed by atoms with van der Waals surface area (Å²) in [5, 5.41) is 3.72. The molecule has 28 heavy (non-hydrogen) atoms. The van der Waals surface area contributed by atoms with Crippen molar-refractivity contribution < 1.29 is 4.79 Å². The molecule has 0 aliphatic carbocycles. The molecule has 1 heterocycles. The predicted octanol–water partition coefficient (Wildman–Crippen LogP) is 5.64. The molecule has 1 fully saturated rings. The molecule has 0 aromatic heterocycles. The van der Waals surface area contributed by atoms with Crippen LogP contribution in [-0.4, -0.2) is 42.0 Å². The van der Waals surface area contributed by atoms with E-state index in [0.717, 1.165) is 19.6 Å². The van der Waals surface area contributed by atoms with Gasteiger partial charge in [0.15, 0.2) is 0 Å². The zero-order valence-corrected chi connectivity index (χ0v) is 18.1. The van der Waals surface area contributed by atoms with E-state index in [1.165, 1.54) is 11.1 Å². The van der Waals surface area contributed by atoms with E-state index in [1.807, 2.05) is 0 Å². The Morgan fingerprint density at radius 1 is 0.964 bits per heavy atom. The molecule has 1 aliphatic heterocycles. The van der Waals surface area contributed by atoms with Gasteiger partial charge in [-0.3, -0.25) is 4.90 Å². The number of amides is 2.